The van der Waals surface area contributed by atoms with Gasteiger partial charge in [-0.2, -0.15) is 0 Å². The molecule has 1 heterocycles. The lowest BCUT2D eigenvalue weighted by Crippen LogP contribution is -2.05. The van der Waals surface area contributed by atoms with Crippen LogP contribution in [0.2, 0.25) is 0 Å². The van der Waals surface area contributed by atoms with Gasteiger partial charge >= 0.3 is 0 Å². The molecule has 0 spiro atoms. The lowest BCUT2D eigenvalue weighted by Gasteiger charge is -2.11. The molecule has 0 atom stereocenters. The highest BCUT2D eigenvalue weighted by Gasteiger charge is 2.04. The highest BCUT2D eigenvalue weighted by molar-refractivity contribution is 5.63. The number of aromatic nitrogens is 2. The number of hydrogen-bond acceptors (Lipinski definition) is 4. The summed E-state index contributed by atoms with van der Waals surface area (Å²) in [5, 5.41) is 3.18. The number of anilines is 1. The predicted octanol–water partition coefficient (Wildman–Crippen LogP) is 3.36. The highest BCUT2D eigenvalue weighted by atomic mass is 16.5. The third kappa shape index (κ3) is 3.68. The van der Waals surface area contributed by atoms with Gasteiger partial charge in [0.05, 0.1) is 11.8 Å². The number of nitrogens with zero attached hydrogens (tertiary/aromatic N) is 2. The molecule has 0 radical (unpaired) electrons. The predicted molar refractivity (Wildman–Crippen MR) is 77.4 cm³/mol. The Balaban J connectivity index is 2.28. The molecule has 1 aromatic carbocycles. The molecule has 0 unspecified atom stereocenters. The van der Waals surface area contributed by atoms with Crippen LogP contribution in [0.4, 0.5) is 5.82 Å². The van der Waals surface area contributed by atoms with Crippen LogP contribution in [0, 0.1) is 0 Å². The first-order chi connectivity index (χ1) is 9.19. The van der Waals surface area contributed by atoms with E-state index in [1.54, 1.807) is 6.33 Å². The molecule has 0 saturated carbocycles. The minimum Gasteiger partial charge on any atom is -0.491 e. The summed E-state index contributed by atoms with van der Waals surface area (Å²) >= 11 is 0. The van der Waals surface area contributed by atoms with E-state index >= 15 is 0 Å². The van der Waals surface area contributed by atoms with Gasteiger partial charge in [-0.05, 0) is 32.9 Å². The second-order valence-electron chi connectivity index (χ2n) is 4.51. The van der Waals surface area contributed by atoms with Gasteiger partial charge in [0.15, 0.2) is 0 Å². The summed E-state index contributed by atoms with van der Waals surface area (Å²) in [4.78, 5) is 8.48. The number of rotatable bonds is 5. The molecule has 0 aliphatic rings. The molecule has 4 nitrogen and oxygen atoms in total. The Hall–Kier alpha value is -2.10. The van der Waals surface area contributed by atoms with Crippen LogP contribution < -0.4 is 10.1 Å². The standard InChI is InChI=1S/C15H19N3O/c1-4-16-15-9-14(17-10-18-15)12-6-5-7-13(8-12)19-11(2)3/h5-11H,4H2,1-3H3,(H,16,17,18). The zero-order valence-electron chi connectivity index (χ0n) is 11.6. The van der Waals surface area contributed by atoms with Crippen LogP contribution in [0.3, 0.4) is 0 Å². The first-order valence-corrected chi connectivity index (χ1v) is 6.52. The van der Waals surface area contributed by atoms with Crippen molar-refractivity contribution in [2.24, 2.45) is 0 Å². The Bertz CT molecular complexity index is 540. The van der Waals surface area contributed by atoms with Gasteiger partial charge in [-0.3, -0.25) is 0 Å². The molecule has 2 aromatic rings. The van der Waals surface area contributed by atoms with E-state index in [1.807, 2.05) is 51.1 Å². The molecule has 0 amide bonds. The van der Waals surface area contributed by atoms with Gasteiger partial charge in [0.25, 0.3) is 0 Å². The number of nitrogens with one attached hydrogen (secondary N) is 1. The molecule has 100 valence electrons. The quantitative estimate of drug-likeness (QED) is 0.892. The van der Waals surface area contributed by atoms with Crippen molar-refractivity contribution in [2.75, 3.05) is 11.9 Å². The van der Waals surface area contributed by atoms with Gasteiger partial charge in [-0.25, -0.2) is 9.97 Å². The van der Waals surface area contributed by atoms with E-state index in [2.05, 4.69) is 15.3 Å². The summed E-state index contributed by atoms with van der Waals surface area (Å²) in [7, 11) is 0. The normalized spacial score (nSPS) is 10.5. The SMILES string of the molecule is CCNc1cc(-c2cccc(OC(C)C)c2)ncn1. The molecular weight excluding hydrogens is 238 g/mol. The van der Waals surface area contributed by atoms with Crippen LogP contribution in [0.25, 0.3) is 11.3 Å². The number of benzene rings is 1. The lowest BCUT2D eigenvalue weighted by atomic mass is 10.1. The third-order valence-electron chi connectivity index (χ3n) is 2.53. The van der Waals surface area contributed by atoms with Crippen LogP contribution in [-0.4, -0.2) is 22.6 Å². The molecule has 0 bridgehead atoms. The summed E-state index contributed by atoms with van der Waals surface area (Å²) < 4.78 is 5.70. The van der Waals surface area contributed by atoms with Crippen LogP contribution in [0.15, 0.2) is 36.7 Å². The molecule has 0 saturated heterocycles. The van der Waals surface area contributed by atoms with Crippen LogP contribution in [-0.2, 0) is 0 Å². The van der Waals surface area contributed by atoms with Crippen molar-refractivity contribution in [2.45, 2.75) is 26.9 Å². The van der Waals surface area contributed by atoms with Crippen LogP contribution in [0.5, 0.6) is 5.75 Å². The van der Waals surface area contributed by atoms with Gasteiger partial charge in [-0.15, -0.1) is 0 Å². The Labute approximate surface area is 113 Å². The Morgan fingerprint density at radius 3 is 2.79 bits per heavy atom. The first kappa shape index (κ1) is 13.3. The van der Waals surface area contributed by atoms with Crippen LogP contribution >= 0.6 is 0 Å². The topological polar surface area (TPSA) is 47.0 Å². The summed E-state index contributed by atoms with van der Waals surface area (Å²) in [6, 6.07) is 9.89. The molecule has 1 N–H and O–H groups in total. The maximum absolute atomic E-state index is 5.70. The summed E-state index contributed by atoms with van der Waals surface area (Å²) in [6.07, 6.45) is 1.74. The Morgan fingerprint density at radius 1 is 1.21 bits per heavy atom. The van der Waals surface area contributed by atoms with Crippen molar-refractivity contribution < 1.29 is 4.74 Å². The zero-order chi connectivity index (χ0) is 13.7. The molecule has 4 heteroatoms. The van der Waals surface area contributed by atoms with Crippen molar-refractivity contribution in [1.82, 2.24) is 9.97 Å². The first-order valence-electron chi connectivity index (χ1n) is 6.52. The lowest BCUT2D eigenvalue weighted by molar-refractivity contribution is 0.242. The van der Waals surface area contributed by atoms with E-state index < -0.39 is 0 Å². The minimum absolute atomic E-state index is 0.165. The summed E-state index contributed by atoms with van der Waals surface area (Å²) in [5.41, 5.74) is 1.92. The largest absolute Gasteiger partial charge is 0.491 e. The molecule has 19 heavy (non-hydrogen) atoms. The Morgan fingerprint density at radius 2 is 2.05 bits per heavy atom. The van der Waals surface area contributed by atoms with Crippen molar-refractivity contribution in [3.8, 4) is 17.0 Å². The van der Waals surface area contributed by atoms with Gasteiger partial charge in [0.2, 0.25) is 0 Å². The maximum atomic E-state index is 5.70. The summed E-state index contributed by atoms with van der Waals surface area (Å²) in [5.74, 6) is 1.69. The molecule has 2 rings (SSSR count). The van der Waals surface area contributed by atoms with Gasteiger partial charge in [0.1, 0.15) is 17.9 Å². The fourth-order valence-electron chi connectivity index (χ4n) is 1.79. The smallest absolute Gasteiger partial charge is 0.129 e. The number of hydrogen-bond donors (Lipinski definition) is 1. The highest BCUT2D eigenvalue weighted by Crippen LogP contribution is 2.23. The van der Waals surface area contributed by atoms with Gasteiger partial charge in [-0.1, -0.05) is 12.1 Å². The van der Waals surface area contributed by atoms with Crippen molar-refractivity contribution in [3.05, 3.63) is 36.7 Å². The average Bonchev–Trinajstić information content (AvgIpc) is 2.39. The van der Waals surface area contributed by atoms with E-state index in [0.717, 1.165) is 29.4 Å². The van der Waals surface area contributed by atoms with Gasteiger partial charge < -0.3 is 10.1 Å². The molecule has 1 aromatic heterocycles. The van der Waals surface area contributed by atoms with Crippen molar-refractivity contribution in [3.63, 3.8) is 0 Å². The van der Waals surface area contributed by atoms with E-state index in [1.165, 1.54) is 0 Å². The zero-order valence-corrected chi connectivity index (χ0v) is 11.6. The average molecular weight is 257 g/mol. The van der Waals surface area contributed by atoms with E-state index in [4.69, 9.17) is 4.74 Å². The number of ether oxygens (including phenoxy) is 1. The molecule has 0 fully saturated rings. The van der Waals surface area contributed by atoms with Gasteiger partial charge in [0, 0.05) is 18.2 Å². The molecule has 0 aliphatic heterocycles. The van der Waals surface area contributed by atoms with Crippen LogP contribution in [0.1, 0.15) is 20.8 Å². The monoisotopic (exact) mass is 257 g/mol. The van der Waals surface area contributed by atoms with E-state index in [-0.39, 0.29) is 6.10 Å². The second-order valence-corrected chi connectivity index (χ2v) is 4.51. The van der Waals surface area contributed by atoms with Crippen molar-refractivity contribution in [1.29, 1.82) is 0 Å². The third-order valence-corrected chi connectivity index (χ3v) is 2.53. The molecule has 0 aliphatic carbocycles. The minimum atomic E-state index is 0.165. The fourth-order valence-corrected chi connectivity index (χ4v) is 1.79. The Kier molecular flexibility index (Phi) is 4.34. The second kappa shape index (κ2) is 6.18. The maximum Gasteiger partial charge on any atom is 0.129 e. The fraction of sp³-hybridized carbons (Fsp3) is 0.333. The van der Waals surface area contributed by atoms with Crippen molar-refractivity contribution >= 4 is 5.82 Å². The van der Waals surface area contributed by atoms with E-state index in [0.29, 0.717) is 0 Å². The summed E-state index contributed by atoms with van der Waals surface area (Å²) in [6.45, 7) is 6.91. The van der Waals surface area contributed by atoms with E-state index in [9.17, 15) is 0 Å². The molecular formula is C15H19N3O.